The van der Waals surface area contributed by atoms with E-state index in [-0.39, 0.29) is 24.1 Å². The first-order valence-electron chi connectivity index (χ1n) is 10.8. The molecule has 0 aliphatic carbocycles. The Balaban J connectivity index is 1.62. The molecule has 0 spiro atoms. The molecule has 1 aromatic heterocycles. The van der Waals surface area contributed by atoms with Crippen molar-refractivity contribution in [2.24, 2.45) is 0 Å². The molecule has 0 aliphatic heterocycles. The summed E-state index contributed by atoms with van der Waals surface area (Å²) in [6.07, 6.45) is 0. The van der Waals surface area contributed by atoms with Gasteiger partial charge in [-0.15, -0.1) is 10.2 Å². The molecule has 0 saturated heterocycles. The standard InChI is InChI=1S/C24H29N5O3S/c1-5-28(15-21(30)25-18-11-9-12-19(14-18)32-4)22(31)16-33-24-27-26-23(29(24)6-2)20-13-8-7-10-17(20)3/h7-14H,5-6,15-16H2,1-4H3,(H,25,30). The van der Waals surface area contributed by atoms with E-state index in [9.17, 15) is 9.59 Å². The zero-order valence-electron chi connectivity index (χ0n) is 19.4. The lowest BCUT2D eigenvalue weighted by Gasteiger charge is -2.20. The molecule has 1 heterocycles. The monoisotopic (exact) mass is 467 g/mol. The number of hydrogen-bond acceptors (Lipinski definition) is 6. The first kappa shape index (κ1) is 24.3. The van der Waals surface area contributed by atoms with Crippen molar-refractivity contribution >= 4 is 29.3 Å². The van der Waals surface area contributed by atoms with Crippen molar-refractivity contribution in [3.63, 3.8) is 0 Å². The minimum atomic E-state index is -0.262. The number of anilines is 1. The van der Waals surface area contributed by atoms with Gasteiger partial charge >= 0.3 is 0 Å². The van der Waals surface area contributed by atoms with Crippen molar-refractivity contribution in [3.8, 4) is 17.1 Å². The highest BCUT2D eigenvalue weighted by Crippen LogP contribution is 2.26. The number of benzene rings is 2. The van der Waals surface area contributed by atoms with Gasteiger partial charge in [0.25, 0.3) is 0 Å². The van der Waals surface area contributed by atoms with Crippen LogP contribution >= 0.6 is 11.8 Å². The highest BCUT2D eigenvalue weighted by molar-refractivity contribution is 7.99. The Labute approximate surface area is 198 Å². The molecule has 9 heteroatoms. The summed E-state index contributed by atoms with van der Waals surface area (Å²) in [7, 11) is 1.57. The van der Waals surface area contributed by atoms with E-state index in [4.69, 9.17) is 4.74 Å². The summed E-state index contributed by atoms with van der Waals surface area (Å²) < 4.78 is 7.18. The molecule has 3 rings (SSSR count). The number of hydrogen-bond donors (Lipinski definition) is 1. The Bertz CT molecular complexity index is 1110. The Hall–Kier alpha value is -3.33. The van der Waals surface area contributed by atoms with Crippen LogP contribution in [0.3, 0.4) is 0 Å². The summed E-state index contributed by atoms with van der Waals surface area (Å²) >= 11 is 1.33. The van der Waals surface area contributed by atoms with Gasteiger partial charge in [-0.2, -0.15) is 0 Å². The third-order valence-electron chi connectivity index (χ3n) is 5.17. The number of likely N-dealkylation sites (N-methyl/N-ethyl adjacent to an activating group) is 1. The van der Waals surface area contributed by atoms with E-state index in [0.29, 0.717) is 29.7 Å². The Morgan fingerprint density at radius 2 is 1.91 bits per heavy atom. The molecule has 0 saturated carbocycles. The Morgan fingerprint density at radius 3 is 2.61 bits per heavy atom. The van der Waals surface area contributed by atoms with Crippen LogP contribution in [0.25, 0.3) is 11.4 Å². The number of methoxy groups -OCH3 is 1. The van der Waals surface area contributed by atoms with Crippen LogP contribution in [-0.4, -0.2) is 57.4 Å². The van der Waals surface area contributed by atoms with Crippen molar-refractivity contribution in [2.75, 3.05) is 31.3 Å². The van der Waals surface area contributed by atoms with Gasteiger partial charge in [0.05, 0.1) is 19.4 Å². The zero-order valence-corrected chi connectivity index (χ0v) is 20.2. The molecule has 0 aliphatic rings. The molecule has 33 heavy (non-hydrogen) atoms. The normalized spacial score (nSPS) is 10.7. The summed E-state index contributed by atoms with van der Waals surface area (Å²) in [4.78, 5) is 26.8. The number of ether oxygens (including phenoxy) is 1. The average Bonchev–Trinajstić information content (AvgIpc) is 3.24. The molecule has 174 valence electrons. The van der Waals surface area contributed by atoms with E-state index in [1.54, 1.807) is 31.4 Å². The maximum absolute atomic E-state index is 12.8. The molecule has 2 aromatic carbocycles. The molecule has 2 amide bonds. The van der Waals surface area contributed by atoms with Crippen molar-refractivity contribution < 1.29 is 14.3 Å². The maximum atomic E-state index is 12.8. The molecule has 1 N–H and O–H groups in total. The highest BCUT2D eigenvalue weighted by atomic mass is 32.2. The number of rotatable bonds is 10. The second-order valence-electron chi connectivity index (χ2n) is 7.34. The lowest BCUT2D eigenvalue weighted by molar-refractivity contribution is -0.132. The number of carbonyl (C=O) groups excluding carboxylic acids is 2. The number of nitrogens with zero attached hydrogens (tertiary/aromatic N) is 4. The van der Waals surface area contributed by atoms with Gasteiger partial charge in [-0.25, -0.2) is 0 Å². The van der Waals surface area contributed by atoms with E-state index in [1.165, 1.54) is 16.7 Å². The topological polar surface area (TPSA) is 89.3 Å². The van der Waals surface area contributed by atoms with Gasteiger partial charge < -0.3 is 19.5 Å². The predicted molar refractivity (Wildman–Crippen MR) is 130 cm³/mol. The van der Waals surface area contributed by atoms with Crippen LogP contribution in [0.2, 0.25) is 0 Å². The number of thioether (sulfide) groups is 1. The van der Waals surface area contributed by atoms with Gasteiger partial charge in [-0.3, -0.25) is 9.59 Å². The van der Waals surface area contributed by atoms with E-state index in [2.05, 4.69) is 15.5 Å². The minimum absolute atomic E-state index is 0.0258. The maximum Gasteiger partial charge on any atom is 0.243 e. The molecule has 0 bridgehead atoms. The molecule has 0 fully saturated rings. The van der Waals surface area contributed by atoms with Crippen LogP contribution < -0.4 is 10.1 Å². The minimum Gasteiger partial charge on any atom is -0.497 e. The first-order valence-corrected chi connectivity index (χ1v) is 11.8. The van der Waals surface area contributed by atoms with Crippen LogP contribution in [0, 0.1) is 6.92 Å². The van der Waals surface area contributed by atoms with E-state index in [1.807, 2.05) is 49.6 Å². The van der Waals surface area contributed by atoms with Crippen molar-refractivity contribution in [2.45, 2.75) is 32.5 Å². The highest BCUT2D eigenvalue weighted by Gasteiger charge is 2.19. The Kier molecular flexibility index (Phi) is 8.48. The quantitative estimate of drug-likeness (QED) is 0.456. The molecule has 8 nitrogen and oxygen atoms in total. The van der Waals surface area contributed by atoms with Crippen molar-refractivity contribution in [3.05, 3.63) is 54.1 Å². The molecular weight excluding hydrogens is 438 g/mol. The number of amides is 2. The molecule has 3 aromatic rings. The number of nitrogens with one attached hydrogen (secondary N) is 1. The number of aromatic nitrogens is 3. The fourth-order valence-electron chi connectivity index (χ4n) is 3.37. The van der Waals surface area contributed by atoms with Crippen LogP contribution in [0.1, 0.15) is 19.4 Å². The van der Waals surface area contributed by atoms with E-state index < -0.39 is 0 Å². The van der Waals surface area contributed by atoms with Crippen LogP contribution in [0.5, 0.6) is 5.75 Å². The molecule has 0 atom stereocenters. The lowest BCUT2D eigenvalue weighted by Crippen LogP contribution is -2.38. The van der Waals surface area contributed by atoms with E-state index >= 15 is 0 Å². The average molecular weight is 468 g/mol. The van der Waals surface area contributed by atoms with Crippen LogP contribution in [0.4, 0.5) is 5.69 Å². The molecule has 0 radical (unpaired) electrons. The van der Waals surface area contributed by atoms with Crippen LogP contribution in [0.15, 0.2) is 53.7 Å². The van der Waals surface area contributed by atoms with Gasteiger partial charge in [-0.1, -0.05) is 42.1 Å². The second kappa shape index (κ2) is 11.5. The number of carbonyl (C=O) groups is 2. The molecular formula is C24H29N5O3S. The summed E-state index contributed by atoms with van der Waals surface area (Å²) in [5.41, 5.74) is 2.76. The third kappa shape index (κ3) is 6.13. The van der Waals surface area contributed by atoms with Gasteiger partial charge in [0, 0.05) is 30.4 Å². The SMILES string of the molecule is CCN(CC(=O)Nc1cccc(OC)c1)C(=O)CSc1nnc(-c2ccccc2C)n1CC. The smallest absolute Gasteiger partial charge is 0.243 e. The van der Waals surface area contributed by atoms with Crippen molar-refractivity contribution in [1.82, 2.24) is 19.7 Å². The second-order valence-corrected chi connectivity index (χ2v) is 8.28. The van der Waals surface area contributed by atoms with Gasteiger partial charge in [0.2, 0.25) is 11.8 Å². The van der Waals surface area contributed by atoms with Crippen molar-refractivity contribution in [1.29, 1.82) is 0 Å². The van der Waals surface area contributed by atoms with Gasteiger partial charge in [0.15, 0.2) is 11.0 Å². The first-order chi connectivity index (χ1) is 16.0. The van der Waals surface area contributed by atoms with E-state index in [0.717, 1.165) is 17.0 Å². The fraction of sp³-hybridized carbons (Fsp3) is 0.333. The molecule has 0 unspecified atom stereocenters. The number of aryl methyl sites for hydroxylation is 1. The largest absolute Gasteiger partial charge is 0.497 e. The Morgan fingerprint density at radius 1 is 1.12 bits per heavy atom. The zero-order chi connectivity index (χ0) is 23.8. The predicted octanol–water partition coefficient (Wildman–Crippen LogP) is 3.86. The summed E-state index contributed by atoms with van der Waals surface area (Å²) in [6.45, 7) is 7.01. The van der Waals surface area contributed by atoms with Gasteiger partial charge in [-0.05, 0) is 38.5 Å². The summed E-state index contributed by atoms with van der Waals surface area (Å²) in [6, 6.07) is 15.1. The summed E-state index contributed by atoms with van der Waals surface area (Å²) in [5, 5.41) is 12.2. The van der Waals surface area contributed by atoms with Crippen LogP contribution in [-0.2, 0) is 16.1 Å². The van der Waals surface area contributed by atoms with Gasteiger partial charge in [0.1, 0.15) is 5.75 Å². The third-order valence-corrected chi connectivity index (χ3v) is 6.12. The summed E-state index contributed by atoms with van der Waals surface area (Å²) in [5.74, 6) is 1.22. The fourth-order valence-corrected chi connectivity index (χ4v) is 4.28. The lowest BCUT2D eigenvalue weighted by atomic mass is 10.1.